The second kappa shape index (κ2) is 8.95. The molecule has 0 radical (unpaired) electrons. The summed E-state index contributed by atoms with van der Waals surface area (Å²) >= 11 is 12.6. The minimum absolute atomic E-state index is 0.0215. The largest absolute Gasteiger partial charge is 0.487 e. The van der Waals surface area contributed by atoms with Crippen molar-refractivity contribution in [2.24, 2.45) is 0 Å². The van der Waals surface area contributed by atoms with E-state index in [0.29, 0.717) is 34.5 Å². The molecule has 0 aliphatic carbocycles. The van der Waals surface area contributed by atoms with E-state index in [1.165, 1.54) is 0 Å². The van der Waals surface area contributed by atoms with Gasteiger partial charge in [-0.05, 0) is 42.3 Å². The number of fused-ring (bicyclic) bond motifs is 1. The number of ether oxygens (including phenoxy) is 1. The third-order valence-corrected chi connectivity index (χ3v) is 5.68. The van der Waals surface area contributed by atoms with E-state index in [0.717, 1.165) is 28.8 Å². The van der Waals surface area contributed by atoms with Crippen LogP contribution in [0.4, 0.5) is 5.69 Å². The van der Waals surface area contributed by atoms with Crippen LogP contribution in [0.2, 0.25) is 10.0 Å². The van der Waals surface area contributed by atoms with Crippen LogP contribution in [-0.2, 0) is 11.4 Å². The van der Waals surface area contributed by atoms with Gasteiger partial charge >= 0.3 is 0 Å². The molecule has 0 atom stereocenters. The molecule has 1 aliphatic heterocycles. The highest BCUT2D eigenvalue weighted by Crippen LogP contribution is 2.38. The molecule has 152 valence electrons. The molecule has 3 nitrogen and oxygen atoms in total. The van der Waals surface area contributed by atoms with E-state index in [1.54, 1.807) is 0 Å². The summed E-state index contributed by atoms with van der Waals surface area (Å²) in [6, 6.07) is 21.0. The Morgan fingerprint density at radius 1 is 0.967 bits per heavy atom. The maximum absolute atomic E-state index is 13.0. The fourth-order valence-electron chi connectivity index (χ4n) is 3.55. The average molecular weight is 438 g/mol. The summed E-state index contributed by atoms with van der Waals surface area (Å²) in [5.74, 6) is 0.595. The lowest BCUT2D eigenvalue weighted by molar-refractivity contribution is -0.113. The average Bonchev–Trinajstić information content (AvgIpc) is 3.01. The minimum Gasteiger partial charge on any atom is -0.487 e. The van der Waals surface area contributed by atoms with Crippen molar-refractivity contribution < 1.29 is 9.53 Å². The first-order chi connectivity index (χ1) is 14.6. The molecule has 0 unspecified atom stereocenters. The van der Waals surface area contributed by atoms with Gasteiger partial charge in [0.15, 0.2) is 0 Å². The number of nitrogens with zero attached hydrogens (tertiary/aromatic N) is 1. The molecule has 1 aliphatic rings. The first-order valence-corrected chi connectivity index (χ1v) is 10.6. The van der Waals surface area contributed by atoms with Gasteiger partial charge in [-0.15, -0.1) is 0 Å². The van der Waals surface area contributed by atoms with Crippen LogP contribution in [0, 0.1) is 0 Å². The molecule has 0 spiro atoms. The highest BCUT2D eigenvalue weighted by atomic mass is 35.5. The van der Waals surface area contributed by atoms with Crippen LogP contribution in [-0.4, -0.2) is 12.5 Å². The molecule has 0 aromatic heterocycles. The number of anilines is 1. The zero-order valence-electron chi connectivity index (χ0n) is 16.6. The van der Waals surface area contributed by atoms with Crippen molar-refractivity contribution in [2.75, 3.05) is 11.4 Å². The van der Waals surface area contributed by atoms with Crippen molar-refractivity contribution in [2.45, 2.75) is 20.0 Å². The fraction of sp³-hybridized carbons (Fsp3) is 0.160. The monoisotopic (exact) mass is 437 g/mol. The smallest absolute Gasteiger partial charge is 0.258 e. The van der Waals surface area contributed by atoms with Crippen LogP contribution in [0.1, 0.15) is 30.0 Å². The third-order valence-electron chi connectivity index (χ3n) is 5.02. The van der Waals surface area contributed by atoms with Crippen molar-refractivity contribution in [3.8, 4) is 5.75 Å². The van der Waals surface area contributed by atoms with Crippen LogP contribution in [0.15, 0.2) is 66.7 Å². The molecule has 3 aromatic carbocycles. The highest BCUT2D eigenvalue weighted by molar-refractivity contribution is 6.36. The van der Waals surface area contributed by atoms with E-state index in [-0.39, 0.29) is 5.91 Å². The molecule has 0 saturated carbocycles. The molecule has 0 saturated heterocycles. The Hall–Kier alpha value is -2.75. The van der Waals surface area contributed by atoms with Crippen LogP contribution in [0.25, 0.3) is 11.6 Å². The van der Waals surface area contributed by atoms with Gasteiger partial charge in [-0.2, -0.15) is 0 Å². The van der Waals surface area contributed by atoms with Crippen LogP contribution < -0.4 is 9.64 Å². The number of hydrogen-bond donors (Lipinski definition) is 0. The quantitative estimate of drug-likeness (QED) is 0.393. The topological polar surface area (TPSA) is 29.5 Å². The number of para-hydroxylation sites is 1. The Morgan fingerprint density at radius 2 is 1.73 bits per heavy atom. The first-order valence-electron chi connectivity index (χ1n) is 9.87. The van der Waals surface area contributed by atoms with Gasteiger partial charge in [0.2, 0.25) is 0 Å². The maximum Gasteiger partial charge on any atom is 0.258 e. The SMILES string of the molecule is CCCN1C(=O)/C(=C\c2ccc(OCc3ccccc3Cl)c(Cl)c2)c2ccccc21. The molecular formula is C25H21Cl2NO2. The second-order valence-electron chi connectivity index (χ2n) is 7.10. The van der Waals surface area contributed by atoms with Gasteiger partial charge in [0.05, 0.1) is 10.7 Å². The molecule has 0 fully saturated rings. The van der Waals surface area contributed by atoms with Gasteiger partial charge in [0.25, 0.3) is 5.91 Å². The molecule has 1 heterocycles. The lowest BCUT2D eigenvalue weighted by Crippen LogP contribution is -2.26. The summed E-state index contributed by atoms with van der Waals surface area (Å²) in [7, 11) is 0. The Kier molecular flexibility index (Phi) is 6.12. The molecular weight excluding hydrogens is 417 g/mol. The summed E-state index contributed by atoms with van der Waals surface area (Å²) in [5.41, 5.74) is 4.33. The molecule has 4 rings (SSSR count). The molecule has 0 bridgehead atoms. The lowest BCUT2D eigenvalue weighted by Gasteiger charge is -2.15. The summed E-state index contributed by atoms with van der Waals surface area (Å²) in [6.07, 6.45) is 2.79. The van der Waals surface area contributed by atoms with E-state index >= 15 is 0 Å². The Morgan fingerprint density at radius 3 is 2.50 bits per heavy atom. The summed E-state index contributed by atoms with van der Waals surface area (Å²) in [6.45, 7) is 3.10. The second-order valence-corrected chi connectivity index (χ2v) is 7.92. The van der Waals surface area contributed by atoms with E-state index in [4.69, 9.17) is 27.9 Å². The van der Waals surface area contributed by atoms with Crippen LogP contribution in [0.5, 0.6) is 5.75 Å². The Bertz CT molecular complexity index is 1120. The zero-order chi connectivity index (χ0) is 21.1. The van der Waals surface area contributed by atoms with E-state index in [2.05, 4.69) is 6.92 Å². The Balaban J connectivity index is 1.58. The zero-order valence-corrected chi connectivity index (χ0v) is 18.1. The maximum atomic E-state index is 13.0. The fourth-order valence-corrected chi connectivity index (χ4v) is 3.99. The summed E-state index contributed by atoms with van der Waals surface area (Å²) in [4.78, 5) is 14.8. The molecule has 1 amide bonds. The van der Waals surface area contributed by atoms with Gasteiger partial charge in [0.1, 0.15) is 12.4 Å². The van der Waals surface area contributed by atoms with Gasteiger partial charge in [0, 0.05) is 28.3 Å². The van der Waals surface area contributed by atoms with Gasteiger partial charge in [-0.25, -0.2) is 0 Å². The molecule has 30 heavy (non-hydrogen) atoms. The van der Waals surface area contributed by atoms with E-state index < -0.39 is 0 Å². The van der Waals surface area contributed by atoms with Gasteiger partial charge < -0.3 is 9.64 Å². The lowest BCUT2D eigenvalue weighted by atomic mass is 10.0. The predicted molar refractivity (Wildman–Crippen MR) is 124 cm³/mol. The van der Waals surface area contributed by atoms with E-state index in [9.17, 15) is 4.79 Å². The number of hydrogen-bond acceptors (Lipinski definition) is 2. The van der Waals surface area contributed by atoms with Crippen LogP contribution >= 0.6 is 23.2 Å². The van der Waals surface area contributed by atoms with Crippen molar-refractivity contribution >= 4 is 46.4 Å². The van der Waals surface area contributed by atoms with Crippen LogP contribution in [0.3, 0.4) is 0 Å². The normalized spacial score (nSPS) is 14.3. The number of benzene rings is 3. The first kappa shape index (κ1) is 20.5. The standard InChI is InChI=1S/C25H21Cl2NO2/c1-2-13-28-23-10-6-4-8-19(23)20(25(28)29)14-17-11-12-24(22(27)15-17)30-16-18-7-3-5-9-21(18)26/h3-12,14-15H,2,13,16H2,1H3/b20-14-. The number of carbonyl (C=O) groups excluding carboxylic acids is 1. The summed E-state index contributed by atoms with van der Waals surface area (Å²) in [5, 5.41) is 1.14. The van der Waals surface area contributed by atoms with Crippen molar-refractivity contribution in [3.05, 3.63) is 93.5 Å². The predicted octanol–water partition coefficient (Wildman–Crippen LogP) is 6.87. The van der Waals surface area contributed by atoms with Gasteiger partial charge in [-0.3, -0.25) is 4.79 Å². The molecule has 5 heteroatoms. The van der Waals surface area contributed by atoms with Crippen molar-refractivity contribution in [1.29, 1.82) is 0 Å². The van der Waals surface area contributed by atoms with Gasteiger partial charge in [-0.1, -0.05) is 72.6 Å². The number of halogens is 2. The Labute approximate surface area is 186 Å². The summed E-state index contributed by atoms with van der Waals surface area (Å²) < 4.78 is 5.84. The molecule has 0 N–H and O–H groups in total. The number of carbonyl (C=O) groups is 1. The van der Waals surface area contributed by atoms with Crippen molar-refractivity contribution in [3.63, 3.8) is 0 Å². The number of amides is 1. The minimum atomic E-state index is 0.0215. The van der Waals surface area contributed by atoms with E-state index in [1.807, 2.05) is 77.7 Å². The molecule has 3 aromatic rings. The number of rotatable bonds is 6. The highest BCUT2D eigenvalue weighted by Gasteiger charge is 2.31. The van der Waals surface area contributed by atoms with Crippen molar-refractivity contribution in [1.82, 2.24) is 0 Å². The third kappa shape index (κ3) is 4.09.